The number of aldehydes is 1. The third kappa shape index (κ3) is 5.61. The molecule has 2 aromatic heterocycles. The number of sulfonamides is 1. The molecule has 4 aromatic rings. The van der Waals surface area contributed by atoms with Crippen molar-refractivity contribution in [2.75, 3.05) is 19.6 Å². The number of benzene rings is 2. The summed E-state index contributed by atoms with van der Waals surface area (Å²) in [4.78, 5) is 19.5. The van der Waals surface area contributed by atoms with Crippen molar-refractivity contribution in [3.8, 4) is 11.3 Å². The molecule has 1 saturated heterocycles. The molecule has 0 amide bonds. The first-order valence-electron chi connectivity index (χ1n) is 11.5. The minimum Gasteiger partial charge on any atom is -0.302 e. The molecule has 1 aliphatic rings. The van der Waals surface area contributed by atoms with Gasteiger partial charge in [0.25, 0.3) is 0 Å². The Labute approximate surface area is 237 Å². The SMILES string of the molecule is C=CC(c1cc2ccc(Cl)cc2s1)S(=O)(=O)N1CCN(Cc2nc(-c3cccc(Br)c3)cs2)C(C=O)C1. The number of hydrogen-bond acceptors (Lipinski definition) is 7. The van der Waals surface area contributed by atoms with E-state index in [2.05, 4.69) is 22.5 Å². The highest BCUT2D eigenvalue weighted by Crippen LogP contribution is 2.37. The van der Waals surface area contributed by atoms with Crippen LogP contribution >= 0.6 is 50.2 Å². The molecule has 2 aromatic carbocycles. The van der Waals surface area contributed by atoms with Gasteiger partial charge < -0.3 is 4.79 Å². The topological polar surface area (TPSA) is 70.6 Å². The Kier molecular flexibility index (Phi) is 7.97. The number of carbonyl (C=O) groups is 1. The van der Waals surface area contributed by atoms with E-state index in [0.717, 1.165) is 37.1 Å². The van der Waals surface area contributed by atoms with E-state index in [-0.39, 0.29) is 13.1 Å². The number of fused-ring (bicyclic) bond motifs is 1. The first-order valence-corrected chi connectivity index (χ1v) is 15.9. The summed E-state index contributed by atoms with van der Waals surface area (Å²) in [6.07, 6.45) is 2.29. The quantitative estimate of drug-likeness (QED) is 0.166. The fraction of sp³-hybridized carbons (Fsp3) is 0.231. The minimum absolute atomic E-state index is 0.0940. The van der Waals surface area contributed by atoms with E-state index in [1.807, 2.05) is 52.7 Å². The van der Waals surface area contributed by atoms with E-state index in [4.69, 9.17) is 16.6 Å². The Morgan fingerprint density at radius 3 is 2.81 bits per heavy atom. The van der Waals surface area contributed by atoms with Crippen molar-refractivity contribution in [1.82, 2.24) is 14.2 Å². The fourth-order valence-corrected chi connectivity index (χ4v) is 9.10. The predicted octanol–water partition coefficient (Wildman–Crippen LogP) is 6.38. The number of aromatic nitrogens is 1. The summed E-state index contributed by atoms with van der Waals surface area (Å²) >= 11 is 12.5. The normalized spacial score (nSPS) is 18.2. The number of rotatable bonds is 8. The Balaban J connectivity index is 1.31. The Hall–Kier alpha value is -1.92. The van der Waals surface area contributed by atoms with Crippen LogP contribution < -0.4 is 0 Å². The Morgan fingerprint density at radius 2 is 2.05 bits per heavy atom. The highest BCUT2D eigenvalue weighted by molar-refractivity contribution is 9.10. The van der Waals surface area contributed by atoms with E-state index in [1.54, 1.807) is 6.07 Å². The van der Waals surface area contributed by atoms with Gasteiger partial charge in [0.2, 0.25) is 10.0 Å². The van der Waals surface area contributed by atoms with Gasteiger partial charge in [-0.3, -0.25) is 4.90 Å². The summed E-state index contributed by atoms with van der Waals surface area (Å²) in [7, 11) is -3.77. The zero-order valence-corrected chi connectivity index (χ0v) is 24.4. The third-order valence-corrected chi connectivity index (χ3v) is 11.4. The van der Waals surface area contributed by atoms with Crippen LogP contribution in [0.2, 0.25) is 5.02 Å². The summed E-state index contributed by atoms with van der Waals surface area (Å²) in [6, 6.07) is 14.8. The number of piperazine rings is 1. The van der Waals surface area contributed by atoms with Gasteiger partial charge in [0.05, 0.1) is 18.3 Å². The molecule has 192 valence electrons. The highest BCUT2D eigenvalue weighted by Gasteiger charge is 2.38. The molecule has 0 saturated carbocycles. The second-order valence-corrected chi connectivity index (χ2v) is 14.2. The van der Waals surface area contributed by atoms with Crippen LogP contribution in [0.5, 0.6) is 0 Å². The number of carbonyl (C=O) groups excluding carboxylic acids is 1. The van der Waals surface area contributed by atoms with Crippen molar-refractivity contribution < 1.29 is 13.2 Å². The van der Waals surface area contributed by atoms with Gasteiger partial charge in [-0.2, -0.15) is 4.31 Å². The predicted molar refractivity (Wildman–Crippen MR) is 156 cm³/mol. The van der Waals surface area contributed by atoms with E-state index < -0.39 is 21.3 Å². The third-order valence-electron chi connectivity index (χ3n) is 6.34. The summed E-state index contributed by atoms with van der Waals surface area (Å²) in [6.45, 7) is 5.11. The number of thiazole rings is 1. The van der Waals surface area contributed by atoms with Crippen molar-refractivity contribution in [1.29, 1.82) is 0 Å². The van der Waals surface area contributed by atoms with E-state index in [0.29, 0.717) is 23.0 Å². The van der Waals surface area contributed by atoms with Crippen LogP contribution in [0, 0.1) is 0 Å². The summed E-state index contributed by atoms with van der Waals surface area (Å²) in [5.41, 5.74) is 1.89. The van der Waals surface area contributed by atoms with Gasteiger partial charge in [0, 0.05) is 49.7 Å². The zero-order valence-electron chi connectivity index (χ0n) is 19.6. The van der Waals surface area contributed by atoms with Crippen LogP contribution in [0.4, 0.5) is 0 Å². The molecule has 2 atom stereocenters. The second kappa shape index (κ2) is 11.1. The number of hydrogen-bond donors (Lipinski definition) is 0. The van der Waals surface area contributed by atoms with Crippen LogP contribution in [0.3, 0.4) is 0 Å². The molecule has 0 N–H and O–H groups in total. The van der Waals surface area contributed by atoms with Crippen LogP contribution in [0.1, 0.15) is 15.1 Å². The molecule has 6 nitrogen and oxygen atoms in total. The summed E-state index contributed by atoms with van der Waals surface area (Å²) in [5.74, 6) is 0. The standard InChI is InChI=1S/C26H23BrClN3O3S3/c1-2-25(24-11-18-6-7-20(28)12-23(18)36-24)37(33,34)31-9-8-30(21(13-31)15-32)14-26-29-22(16-35-26)17-4-3-5-19(27)10-17/h2-7,10-12,15-16,21,25H,1,8-9,13-14H2. The molecular formula is C26H23BrClN3O3S3. The maximum atomic E-state index is 13.7. The summed E-state index contributed by atoms with van der Waals surface area (Å²) in [5, 5.41) is 3.53. The lowest BCUT2D eigenvalue weighted by Crippen LogP contribution is -2.55. The molecule has 0 bridgehead atoms. The van der Waals surface area contributed by atoms with Gasteiger partial charge in [-0.05, 0) is 35.7 Å². The van der Waals surface area contributed by atoms with Gasteiger partial charge in [-0.1, -0.05) is 51.8 Å². The number of halogens is 2. The minimum atomic E-state index is -3.77. The van der Waals surface area contributed by atoms with Crippen molar-refractivity contribution >= 4 is 76.6 Å². The second-order valence-electron chi connectivity index (χ2n) is 8.70. The van der Waals surface area contributed by atoms with Crippen molar-refractivity contribution in [3.05, 3.63) is 85.9 Å². The Bertz CT molecular complexity index is 1570. The lowest BCUT2D eigenvalue weighted by Gasteiger charge is -2.38. The molecule has 0 radical (unpaired) electrons. The van der Waals surface area contributed by atoms with Crippen LogP contribution in [0.25, 0.3) is 21.3 Å². The van der Waals surface area contributed by atoms with Gasteiger partial charge in [-0.15, -0.1) is 29.3 Å². The van der Waals surface area contributed by atoms with Crippen molar-refractivity contribution in [3.63, 3.8) is 0 Å². The van der Waals surface area contributed by atoms with E-state index in [9.17, 15) is 13.2 Å². The van der Waals surface area contributed by atoms with Crippen LogP contribution in [-0.2, 0) is 21.4 Å². The summed E-state index contributed by atoms with van der Waals surface area (Å²) < 4.78 is 30.6. The molecule has 1 fully saturated rings. The molecule has 37 heavy (non-hydrogen) atoms. The molecule has 0 spiro atoms. The smallest absolute Gasteiger partial charge is 0.225 e. The molecule has 3 heterocycles. The molecular weight excluding hydrogens is 614 g/mol. The van der Waals surface area contributed by atoms with Crippen molar-refractivity contribution in [2.45, 2.75) is 17.8 Å². The van der Waals surface area contributed by atoms with Gasteiger partial charge >= 0.3 is 0 Å². The fourth-order valence-electron chi connectivity index (χ4n) is 4.43. The average Bonchev–Trinajstić information content (AvgIpc) is 3.51. The lowest BCUT2D eigenvalue weighted by molar-refractivity contribution is -0.114. The van der Waals surface area contributed by atoms with Gasteiger partial charge in [0.15, 0.2) is 0 Å². The molecule has 11 heteroatoms. The van der Waals surface area contributed by atoms with Crippen LogP contribution in [-0.4, -0.2) is 54.6 Å². The highest BCUT2D eigenvalue weighted by atomic mass is 79.9. The molecule has 0 aliphatic carbocycles. The molecule has 1 aliphatic heterocycles. The van der Waals surface area contributed by atoms with Gasteiger partial charge in [0.1, 0.15) is 16.5 Å². The lowest BCUT2D eigenvalue weighted by atomic mass is 10.2. The molecule has 5 rings (SSSR count). The largest absolute Gasteiger partial charge is 0.302 e. The maximum absolute atomic E-state index is 13.7. The first kappa shape index (κ1) is 26.7. The average molecular weight is 637 g/mol. The molecule has 2 unspecified atom stereocenters. The maximum Gasteiger partial charge on any atom is 0.225 e. The Morgan fingerprint density at radius 1 is 1.22 bits per heavy atom. The zero-order chi connectivity index (χ0) is 26.2. The number of nitrogens with zero attached hydrogens (tertiary/aromatic N) is 3. The van der Waals surface area contributed by atoms with Crippen LogP contribution in [0.15, 0.2) is 71.0 Å². The number of thiophene rings is 1. The first-order chi connectivity index (χ1) is 17.8. The van der Waals surface area contributed by atoms with E-state index >= 15 is 0 Å². The monoisotopic (exact) mass is 635 g/mol. The van der Waals surface area contributed by atoms with Crippen molar-refractivity contribution in [2.24, 2.45) is 0 Å². The van der Waals surface area contributed by atoms with E-state index in [1.165, 1.54) is 33.1 Å². The van der Waals surface area contributed by atoms with Gasteiger partial charge in [-0.25, -0.2) is 13.4 Å².